The lowest BCUT2D eigenvalue weighted by molar-refractivity contribution is -0.274. The van der Waals surface area contributed by atoms with Gasteiger partial charge in [0.25, 0.3) is 5.91 Å². The fourth-order valence-corrected chi connectivity index (χ4v) is 5.62. The number of aliphatic hydroxyl groups is 1. The van der Waals surface area contributed by atoms with Crippen LogP contribution in [0.4, 0.5) is 18.3 Å². The van der Waals surface area contributed by atoms with Crippen molar-refractivity contribution in [1.29, 1.82) is 0 Å². The first-order valence-electron chi connectivity index (χ1n) is 13.1. The summed E-state index contributed by atoms with van der Waals surface area (Å²) < 4.78 is 42.0. The van der Waals surface area contributed by atoms with Crippen LogP contribution in [-0.2, 0) is 24.2 Å². The Morgan fingerprint density at radius 3 is 2.36 bits per heavy atom. The van der Waals surface area contributed by atoms with Crippen molar-refractivity contribution in [2.24, 2.45) is 0 Å². The number of hydrogen-bond acceptors (Lipinski definition) is 7. The molecule has 12 heteroatoms. The summed E-state index contributed by atoms with van der Waals surface area (Å²) in [5, 5.41) is 24.3. The van der Waals surface area contributed by atoms with Crippen LogP contribution in [0.25, 0.3) is 21.7 Å². The highest BCUT2D eigenvalue weighted by molar-refractivity contribution is 7.19. The van der Waals surface area contributed by atoms with Crippen LogP contribution < -0.4 is 15.4 Å². The standard InChI is InChI=1S/C30H26F3N3O5S/c31-30(32,33)41-23-12-10-19(11-13-23)25-26(22-9-8-18-2-1-3-21(18)14-22)42-29(36-25)35-15-17-4-6-20(7-5-17)27(38)34-16-24(37)28(39)40/h4-14,24,37H,1-3,15-16H2,(H,34,38)(H,35,36)(H,39,40)/t24-/m1/s1. The normalized spacial score (nSPS) is 13.3. The van der Waals surface area contributed by atoms with Crippen molar-refractivity contribution in [3.05, 3.63) is 89.0 Å². The Bertz CT molecular complexity index is 1590. The van der Waals surface area contributed by atoms with Gasteiger partial charge in [0.1, 0.15) is 5.75 Å². The number of carboxylic acids is 1. The molecule has 42 heavy (non-hydrogen) atoms. The fraction of sp³-hybridized carbons (Fsp3) is 0.233. The lowest BCUT2D eigenvalue weighted by Crippen LogP contribution is -2.36. The smallest absolute Gasteiger partial charge is 0.479 e. The van der Waals surface area contributed by atoms with Gasteiger partial charge in [-0.3, -0.25) is 4.79 Å². The molecule has 4 N–H and O–H groups in total. The first kappa shape index (κ1) is 29.1. The number of aryl methyl sites for hydroxylation is 2. The number of benzene rings is 3. The third-order valence-corrected chi connectivity index (χ3v) is 7.81. The molecule has 0 saturated carbocycles. The summed E-state index contributed by atoms with van der Waals surface area (Å²) in [6, 6.07) is 18.6. The molecule has 1 aliphatic carbocycles. The fourth-order valence-electron chi connectivity index (χ4n) is 4.64. The molecule has 3 aromatic carbocycles. The number of amides is 1. The number of halogens is 3. The first-order valence-corrected chi connectivity index (χ1v) is 13.9. The molecule has 0 saturated heterocycles. The number of nitrogens with one attached hydrogen (secondary N) is 2. The van der Waals surface area contributed by atoms with Crippen LogP contribution in [0, 0.1) is 0 Å². The van der Waals surface area contributed by atoms with Gasteiger partial charge in [0, 0.05) is 17.7 Å². The number of alkyl halides is 3. The van der Waals surface area contributed by atoms with Crippen molar-refractivity contribution in [3.8, 4) is 27.4 Å². The second-order valence-electron chi connectivity index (χ2n) is 9.72. The van der Waals surface area contributed by atoms with Crippen molar-refractivity contribution in [1.82, 2.24) is 10.3 Å². The molecule has 0 aliphatic heterocycles. The quantitative estimate of drug-likeness (QED) is 0.186. The van der Waals surface area contributed by atoms with Gasteiger partial charge in [-0.25, -0.2) is 9.78 Å². The Morgan fingerprint density at radius 1 is 0.976 bits per heavy atom. The SMILES string of the molecule is O=C(NC[C@@H](O)C(=O)O)c1ccc(CNc2nc(-c3ccc(OC(F)(F)F)cc3)c(-c3ccc4c(c3)CCC4)s2)cc1. The Labute approximate surface area is 242 Å². The highest BCUT2D eigenvalue weighted by Crippen LogP contribution is 2.41. The van der Waals surface area contributed by atoms with E-state index in [2.05, 4.69) is 27.5 Å². The van der Waals surface area contributed by atoms with Gasteiger partial charge in [0.2, 0.25) is 0 Å². The Morgan fingerprint density at radius 2 is 1.67 bits per heavy atom. The van der Waals surface area contributed by atoms with E-state index in [0.717, 1.165) is 35.3 Å². The van der Waals surface area contributed by atoms with Crippen LogP contribution >= 0.6 is 11.3 Å². The number of aromatic nitrogens is 1. The summed E-state index contributed by atoms with van der Waals surface area (Å²) in [7, 11) is 0. The molecule has 8 nitrogen and oxygen atoms in total. The van der Waals surface area contributed by atoms with Gasteiger partial charge in [0.05, 0.1) is 17.1 Å². The van der Waals surface area contributed by atoms with Gasteiger partial charge >= 0.3 is 12.3 Å². The predicted molar refractivity (Wildman–Crippen MR) is 151 cm³/mol. The zero-order valence-electron chi connectivity index (χ0n) is 22.1. The average Bonchev–Trinajstić information content (AvgIpc) is 3.61. The van der Waals surface area contributed by atoms with Crippen molar-refractivity contribution < 1.29 is 37.7 Å². The van der Waals surface area contributed by atoms with Crippen molar-refractivity contribution in [3.63, 3.8) is 0 Å². The lowest BCUT2D eigenvalue weighted by atomic mass is 10.0. The minimum atomic E-state index is -4.78. The highest BCUT2D eigenvalue weighted by Gasteiger charge is 2.31. The maximum absolute atomic E-state index is 12.6. The van der Waals surface area contributed by atoms with Gasteiger partial charge in [-0.1, -0.05) is 35.6 Å². The van der Waals surface area contributed by atoms with E-state index >= 15 is 0 Å². The summed E-state index contributed by atoms with van der Waals surface area (Å²) in [5.74, 6) is -2.24. The number of anilines is 1. The number of nitrogens with zero attached hydrogens (tertiary/aromatic N) is 1. The maximum atomic E-state index is 12.6. The number of carbonyl (C=O) groups excluding carboxylic acids is 1. The lowest BCUT2D eigenvalue weighted by Gasteiger charge is -2.09. The van der Waals surface area contributed by atoms with Gasteiger partial charge in [-0.15, -0.1) is 13.2 Å². The summed E-state index contributed by atoms with van der Waals surface area (Å²) in [6.45, 7) is -0.0247. The molecule has 1 aliphatic rings. The van der Waals surface area contributed by atoms with Crippen LogP contribution in [0.5, 0.6) is 5.75 Å². The molecule has 1 aromatic heterocycles. The third kappa shape index (κ3) is 7.07. The van der Waals surface area contributed by atoms with Crippen LogP contribution in [0.1, 0.15) is 33.5 Å². The zero-order valence-corrected chi connectivity index (χ0v) is 22.9. The Kier molecular flexibility index (Phi) is 8.46. The van der Waals surface area contributed by atoms with E-state index in [9.17, 15) is 27.9 Å². The summed E-state index contributed by atoms with van der Waals surface area (Å²) in [4.78, 5) is 28.6. The molecule has 5 rings (SSSR count). The first-order chi connectivity index (χ1) is 20.1. The topological polar surface area (TPSA) is 121 Å². The molecular formula is C30H26F3N3O5S. The number of rotatable bonds is 10. The minimum Gasteiger partial charge on any atom is -0.479 e. The second kappa shape index (κ2) is 12.2. The van der Waals surface area contributed by atoms with E-state index in [1.54, 1.807) is 36.4 Å². The van der Waals surface area contributed by atoms with Crippen LogP contribution in [0.15, 0.2) is 66.7 Å². The molecule has 0 radical (unpaired) electrons. The molecule has 0 fully saturated rings. The monoisotopic (exact) mass is 597 g/mol. The Balaban J connectivity index is 1.34. The molecule has 1 heterocycles. The number of thiazole rings is 1. The number of fused-ring (bicyclic) bond motifs is 1. The predicted octanol–water partition coefficient (Wildman–Crippen LogP) is 5.65. The summed E-state index contributed by atoms with van der Waals surface area (Å²) in [5.41, 5.74) is 6.03. The van der Waals surface area contributed by atoms with Crippen molar-refractivity contribution in [2.45, 2.75) is 38.3 Å². The average molecular weight is 598 g/mol. The molecule has 218 valence electrons. The van der Waals surface area contributed by atoms with E-state index in [4.69, 9.17) is 10.1 Å². The molecule has 0 unspecified atom stereocenters. The van der Waals surface area contributed by atoms with Gasteiger partial charge in [0.15, 0.2) is 11.2 Å². The maximum Gasteiger partial charge on any atom is 0.573 e. The van der Waals surface area contributed by atoms with E-state index in [-0.39, 0.29) is 5.75 Å². The van der Waals surface area contributed by atoms with E-state index in [1.807, 2.05) is 6.07 Å². The number of aliphatic hydroxyl groups excluding tert-OH is 1. The summed E-state index contributed by atoms with van der Waals surface area (Å²) in [6.07, 6.45) is -3.32. The highest BCUT2D eigenvalue weighted by atomic mass is 32.1. The molecule has 0 bridgehead atoms. The molecule has 4 aromatic rings. The van der Waals surface area contributed by atoms with Gasteiger partial charge in [-0.05, 0) is 84.0 Å². The molecular weight excluding hydrogens is 571 g/mol. The van der Waals surface area contributed by atoms with Crippen LogP contribution in [0.3, 0.4) is 0 Å². The van der Waals surface area contributed by atoms with Crippen LogP contribution in [0.2, 0.25) is 0 Å². The zero-order chi connectivity index (χ0) is 29.9. The number of ether oxygens (including phenoxy) is 1. The van der Waals surface area contributed by atoms with Crippen LogP contribution in [-0.4, -0.2) is 46.1 Å². The van der Waals surface area contributed by atoms with Crippen molar-refractivity contribution in [2.75, 3.05) is 11.9 Å². The second-order valence-corrected chi connectivity index (χ2v) is 10.7. The van der Waals surface area contributed by atoms with E-state index in [1.165, 1.54) is 34.6 Å². The molecule has 0 spiro atoms. The number of aliphatic carboxylic acids is 1. The Hall–Kier alpha value is -4.42. The molecule has 1 atom stereocenters. The molecule has 1 amide bonds. The number of carbonyl (C=O) groups is 2. The summed E-state index contributed by atoms with van der Waals surface area (Å²) >= 11 is 1.44. The largest absolute Gasteiger partial charge is 0.573 e. The van der Waals surface area contributed by atoms with Gasteiger partial charge < -0.3 is 25.6 Å². The van der Waals surface area contributed by atoms with E-state index < -0.39 is 30.9 Å². The minimum absolute atomic E-state index is 0.310. The third-order valence-electron chi connectivity index (χ3n) is 6.75. The number of carboxylic acid groups (broad SMARTS) is 1. The van der Waals surface area contributed by atoms with Gasteiger partial charge in [-0.2, -0.15) is 0 Å². The van der Waals surface area contributed by atoms with E-state index in [0.29, 0.717) is 28.5 Å². The number of hydrogen-bond donors (Lipinski definition) is 4. The van der Waals surface area contributed by atoms with Crippen molar-refractivity contribution >= 4 is 28.3 Å².